The normalized spacial score (nSPS) is 16.7. The molecule has 1 fully saturated rings. The zero-order valence-corrected chi connectivity index (χ0v) is 13.1. The SMILES string of the molecule is CCN(Cc1ccc(OC)cc1)C(=O)CC1(N)CCCC1. The van der Waals surface area contributed by atoms with Crippen LogP contribution in [-0.4, -0.2) is 30.0 Å². The minimum Gasteiger partial charge on any atom is -0.497 e. The van der Waals surface area contributed by atoms with Crippen LogP contribution in [0.15, 0.2) is 24.3 Å². The molecule has 2 N–H and O–H groups in total. The Balaban J connectivity index is 1.96. The van der Waals surface area contributed by atoms with Crippen molar-refractivity contribution in [2.75, 3.05) is 13.7 Å². The van der Waals surface area contributed by atoms with E-state index < -0.39 is 0 Å². The maximum Gasteiger partial charge on any atom is 0.224 e. The van der Waals surface area contributed by atoms with Gasteiger partial charge in [-0.25, -0.2) is 0 Å². The summed E-state index contributed by atoms with van der Waals surface area (Å²) in [6, 6.07) is 7.86. The maximum atomic E-state index is 12.5. The Kier molecular flexibility index (Phi) is 5.23. The Labute approximate surface area is 127 Å². The van der Waals surface area contributed by atoms with Crippen molar-refractivity contribution in [2.24, 2.45) is 5.73 Å². The molecule has 0 aliphatic heterocycles. The van der Waals surface area contributed by atoms with Gasteiger partial charge >= 0.3 is 0 Å². The van der Waals surface area contributed by atoms with E-state index in [-0.39, 0.29) is 11.4 Å². The van der Waals surface area contributed by atoms with Gasteiger partial charge in [0.2, 0.25) is 5.91 Å². The van der Waals surface area contributed by atoms with Crippen molar-refractivity contribution in [3.8, 4) is 5.75 Å². The monoisotopic (exact) mass is 290 g/mol. The molecule has 1 aromatic rings. The van der Waals surface area contributed by atoms with Gasteiger partial charge in [-0.15, -0.1) is 0 Å². The Hall–Kier alpha value is -1.55. The second-order valence-corrected chi connectivity index (χ2v) is 6.00. The smallest absolute Gasteiger partial charge is 0.224 e. The number of carbonyl (C=O) groups excluding carboxylic acids is 1. The molecule has 0 spiro atoms. The molecule has 0 bridgehead atoms. The Morgan fingerprint density at radius 3 is 2.43 bits per heavy atom. The number of methoxy groups -OCH3 is 1. The highest BCUT2D eigenvalue weighted by atomic mass is 16.5. The Bertz CT molecular complexity index is 464. The van der Waals surface area contributed by atoms with E-state index in [0.717, 1.165) is 37.0 Å². The molecular formula is C17H26N2O2. The number of ether oxygens (including phenoxy) is 1. The van der Waals surface area contributed by atoms with Crippen molar-refractivity contribution < 1.29 is 9.53 Å². The molecule has 1 aliphatic carbocycles. The summed E-state index contributed by atoms with van der Waals surface area (Å²) in [6.07, 6.45) is 4.71. The van der Waals surface area contributed by atoms with Crippen molar-refractivity contribution in [3.63, 3.8) is 0 Å². The molecule has 116 valence electrons. The quantitative estimate of drug-likeness (QED) is 0.876. The van der Waals surface area contributed by atoms with Crippen LogP contribution in [0.2, 0.25) is 0 Å². The summed E-state index contributed by atoms with van der Waals surface area (Å²) >= 11 is 0. The molecule has 4 heteroatoms. The van der Waals surface area contributed by atoms with E-state index in [2.05, 4.69) is 0 Å². The second kappa shape index (κ2) is 6.94. The van der Waals surface area contributed by atoms with Crippen LogP contribution < -0.4 is 10.5 Å². The predicted molar refractivity (Wildman–Crippen MR) is 84.1 cm³/mol. The first-order valence-corrected chi connectivity index (χ1v) is 7.76. The summed E-state index contributed by atoms with van der Waals surface area (Å²) in [4.78, 5) is 14.4. The van der Waals surface area contributed by atoms with E-state index in [1.807, 2.05) is 36.1 Å². The number of carbonyl (C=O) groups is 1. The molecular weight excluding hydrogens is 264 g/mol. The largest absolute Gasteiger partial charge is 0.497 e. The van der Waals surface area contributed by atoms with E-state index in [0.29, 0.717) is 19.5 Å². The number of rotatable bonds is 6. The van der Waals surface area contributed by atoms with Gasteiger partial charge in [-0.1, -0.05) is 25.0 Å². The fourth-order valence-electron chi connectivity index (χ4n) is 3.00. The van der Waals surface area contributed by atoms with E-state index in [9.17, 15) is 4.79 Å². The molecule has 0 heterocycles. The van der Waals surface area contributed by atoms with Crippen LogP contribution in [-0.2, 0) is 11.3 Å². The lowest BCUT2D eigenvalue weighted by atomic mass is 9.94. The summed E-state index contributed by atoms with van der Waals surface area (Å²) in [7, 11) is 1.65. The van der Waals surface area contributed by atoms with Gasteiger partial charge in [0.05, 0.1) is 7.11 Å². The molecule has 4 nitrogen and oxygen atoms in total. The van der Waals surface area contributed by atoms with Crippen LogP contribution >= 0.6 is 0 Å². The van der Waals surface area contributed by atoms with Gasteiger partial charge in [-0.05, 0) is 37.5 Å². The lowest BCUT2D eigenvalue weighted by molar-refractivity contribution is -0.132. The third-order valence-corrected chi connectivity index (χ3v) is 4.37. The first-order chi connectivity index (χ1) is 10.1. The van der Waals surface area contributed by atoms with E-state index in [1.54, 1.807) is 7.11 Å². The van der Waals surface area contributed by atoms with Crippen LogP contribution in [0.4, 0.5) is 0 Å². The van der Waals surface area contributed by atoms with Crippen LogP contribution in [0.3, 0.4) is 0 Å². The second-order valence-electron chi connectivity index (χ2n) is 6.00. The molecule has 0 saturated heterocycles. The highest BCUT2D eigenvalue weighted by Gasteiger charge is 2.33. The van der Waals surface area contributed by atoms with Crippen molar-refractivity contribution in [1.82, 2.24) is 4.90 Å². The zero-order valence-electron chi connectivity index (χ0n) is 13.1. The summed E-state index contributed by atoms with van der Waals surface area (Å²) in [5.41, 5.74) is 7.16. The van der Waals surface area contributed by atoms with Crippen molar-refractivity contribution in [3.05, 3.63) is 29.8 Å². The fraction of sp³-hybridized carbons (Fsp3) is 0.588. The van der Waals surface area contributed by atoms with Crippen LogP contribution in [0.5, 0.6) is 5.75 Å². The lowest BCUT2D eigenvalue weighted by Gasteiger charge is -2.28. The molecule has 0 atom stereocenters. The summed E-state index contributed by atoms with van der Waals surface area (Å²) < 4.78 is 5.15. The number of benzene rings is 1. The average molecular weight is 290 g/mol. The van der Waals surface area contributed by atoms with Gasteiger partial charge in [0, 0.05) is 25.0 Å². The van der Waals surface area contributed by atoms with Crippen LogP contribution in [0, 0.1) is 0 Å². The third kappa shape index (κ3) is 4.21. The Morgan fingerprint density at radius 2 is 1.90 bits per heavy atom. The lowest BCUT2D eigenvalue weighted by Crippen LogP contribution is -2.43. The highest BCUT2D eigenvalue weighted by Crippen LogP contribution is 2.30. The van der Waals surface area contributed by atoms with Crippen molar-refractivity contribution in [2.45, 2.75) is 51.1 Å². The summed E-state index contributed by atoms with van der Waals surface area (Å²) in [5.74, 6) is 0.998. The number of hydrogen-bond donors (Lipinski definition) is 1. The molecule has 0 radical (unpaired) electrons. The minimum absolute atomic E-state index is 0.165. The van der Waals surface area contributed by atoms with Crippen LogP contribution in [0.1, 0.15) is 44.6 Å². The molecule has 1 aromatic carbocycles. The van der Waals surface area contributed by atoms with Gasteiger partial charge < -0.3 is 15.4 Å². The molecule has 1 amide bonds. The maximum absolute atomic E-state index is 12.5. The van der Waals surface area contributed by atoms with Gasteiger partial charge in [0.25, 0.3) is 0 Å². The minimum atomic E-state index is -0.273. The topological polar surface area (TPSA) is 55.6 Å². The highest BCUT2D eigenvalue weighted by molar-refractivity contribution is 5.77. The molecule has 0 aromatic heterocycles. The standard InChI is InChI=1S/C17H26N2O2/c1-3-19(13-14-6-8-15(21-2)9-7-14)16(20)12-17(18)10-4-5-11-17/h6-9H,3-5,10-13,18H2,1-2H3. The number of hydrogen-bond acceptors (Lipinski definition) is 3. The van der Waals surface area contributed by atoms with Crippen molar-refractivity contribution >= 4 is 5.91 Å². The number of nitrogens with zero attached hydrogens (tertiary/aromatic N) is 1. The van der Waals surface area contributed by atoms with Crippen molar-refractivity contribution in [1.29, 1.82) is 0 Å². The van der Waals surface area contributed by atoms with Gasteiger partial charge in [0.1, 0.15) is 5.75 Å². The van der Waals surface area contributed by atoms with Gasteiger partial charge in [-0.2, -0.15) is 0 Å². The molecule has 2 rings (SSSR count). The molecule has 1 saturated carbocycles. The number of amides is 1. The molecule has 1 aliphatic rings. The third-order valence-electron chi connectivity index (χ3n) is 4.37. The zero-order chi connectivity index (χ0) is 15.3. The number of nitrogens with two attached hydrogens (primary N) is 1. The van der Waals surface area contributed by atoms with E-state index in [1.165, 1.54) is 0 Å². The Morgan fingerprint density at radius 1 is 1.29 bits per heavy atom. The molecule has 21 heavy (non-hydrogen) atoms. The van der Waals surface area contributed by atoms with Crippen LogP contribution in [0.25, 0.3) is 0 Å². The van der Waals surface area contributed by atoms with Gasteiger partial charge in [0.15, 0.2) is 0 Å². The summed E-state index contributed by atoms with van der Waals surface area (Å²) in [5, 5.41) is 0. The fourth-order valence-corrected chi connectivity index (χ4v) is 3.00. The summed E-state index contributed by atoms with van der Waals surface area (Å²) in [6.45, 7) is 3.36. The van der Waals surface area contributed by atoms with E-state index >= 15 is 0 Å². The average Bonchev–Trinajstić information content (AvgIpc) is 2.91. The first kappa shape index (κ1) is 15.8. The van der Waals surface area contributed by atoms with Gasteiger partial charge in [-0.3, -0.25) is 4.79 Å². The predicted octanol–water partition coefficient (Wildman–Crippen LogP) is 2.71. The van der Waals surface area contributed by atoms with E-state index in [4.69, 9.17) is 10.5 Å². The first-order valence-electron chi connectivity index (χ1n) is 7.76. The molecule has 0 unspecified atom stereocenters.